The standard InChI is InChI=1S/C24H33N3O6.C2HF3O2/c1-4-13(2)19-20(33-24(19)31)22(29)26-17-10-16(17)11-18(27-21(28)14(3)25)23(30)32-12-15-8-6-5-7-9-15;3-2(4,5)1(6)7/h5-9,13-14,16-20H,4,10-12,25H2,1-3H3,(H,26,29)(H,27,28);(H,6,7). The van der Waals surface area contributed by atoms with Crippen LogP contribution >= 0.6 is 0 Å². The molecule has 5 N–H and O–H groups in total. The number of carbonyl (C=O) groups is 5. The summed E-state index contributed by atoms with van der Waals surface area (Å²) in [5, 5.41) is 12.7. The Balaban J connectivity index is 0.000000708. The second-order valence-electron chi connectivity index (χ2n) is 9.86. The molecule has 1 aliphatic carbocycles. The Hall–Kier alpha value is -3.68. The molecular weight excluding hydrogens is 539 g/mol. The summed E-state index contributed by atoms with van der Waals surface area (Å²) in [6.07, 6.45) is -4.09. The minimum absolute atomic E-state index is 0.00516. The molecule has 2 aliphatic rings. The number of carboxylic acid groups (broad SMARTS) is 1. The van der Waals surface area contributed by atoms with Gasteiger partial charge in [0.1, 0.15) is 18.6 Å². The summed E-state index contributed by atoms with van der Waals surface area (Å²) in [5.41, 5.74) is 6.48. The summed E-state index contributed by atoms with van der Waals surface area (Å²) in [6, 6.07) is 7.47. The normalized spacial score (nSPS) is 23.5. The lowest BCUT2D eigenvalue weighted by Crippen LogP contribution is -2.56. The number of carbonyl (C=O) groups excluding carboxylic acids is 4. The van der Waals surface area contributed by atoms with Crippen molar-refractivity contribution in [1.82, 2.24) is 10.6 Å². The highest BCUT2D eigenvalue weighted by Gasteiger charge is 2.51. The number of ether oxygens (including phenoxy) is 2. The molecule has 11 nitrogen and oxygen atoms in total. The second kappa shape index (κ2) is 14.1. The molecule has 7 unspecified atom stereocenters. The number of halogens is 3. The number of rotatable bonds is 11. The number of hydrogen-bond donors (Lipinski definition) is 4. The zero-order valence-electron chi connectivity index (χ0n) is 22.3. The number of alkyl halides is 3. The first-order valence-electron chi connectivity index (χ1n) is 12.7. The van der Waals surface area contributed by atoms with Crippen molar-refractivity contribution in [3.05, 3.63) is 35.9 Å². The first-order chi connectivity index (χ1) is 18.6. The van der Waals surface area contributed by atoms with E-state index in [0.29, 0.717) is 12.8 Å². The van der Waals surface area contributed by atoms with E-state index in [1.54, 1.807) is 0 Å². The van der Waals surface area contributed by atoms with Gasteiger partial charge in [-0.05, 0) is 37.2 Å². The van der Waals surface area contributed by atoms with E-state index in [0.717, 1.165) is 12.0 Å². The van der Waals surface area contributed by atoms with E-state index >= 15 is 0 Å². The van der Waals surface area contributed by atoms with E-state index in [2.05, 4.69) is 10.6 Å². The molecule has 7 atom stereocenters. The molecule has 1 aromatic carbocycles. The first-order valence-corrected chi connectivity index (χ1v) is 12.7. The molecule has 1 saturated carbocycles. The molecule has 1 aliphatic heterocycles. The van der Waals surface area contributed by atoms with Gasteiger partial charge in [-0.25, -0.2) is 9.59 Å². The van der Waals surface area contributed by atoms with Crippen molar-refractivity contribution in [2.24, 2.45) is 23.5 Å². The zero-order valence-corrected chi connectivity index (χ0v) is 22.3. The van der Waals surface area contributed by atoms with Crippen LogP contribution in [0.15, 0.2) is 30.3 Å². The van der Waals surface area contributed by atoms with Crippen LogP contribution in [0.5, 0.6) is 0 Å². The predicted molar refractivity (Wildman–Crippen MR) is 133 cm³/mol. The quantitative estimate of drug-likeness (QED) is 0.287. The van der Waals surface area contributed by atoms with Crippen LogP contribution in [0.1, 0.15) is 45.6 Å². The monoisotopic (exact) mass is 573 g/mol. The lowest BCUT2D eigenvalue weighted by atomic mass is 9.83. The van der Waals surface area contributed by atoms with E-state index < -0.39 is 48.1 Å². The number of carboxylic acids is 1. The van der Waals surface area contributed by atoms with Gasteiger partial charge in [0.05, 0.1) is 6.04 Å². The van der Waals surface area contributed by atoms with Gasteiger partial charge in [0.2, 0.25) is 5.91 Å². The number of esters is 2. The molecule has 222 valence electrons. The lowest BCUT2D eigenvalue weighted by molar-refractivity contribution is -0.193. The van der Waals surface area contributed by atoms with Crippen LogP contribution in [0.25, 0.3) is 0 Å². The molecule has 1 saturated heterocycles. The van der Waals surface area contributed by atoms with Crippen LogP contribution in [-0.4, -0.2) is 65.2 Å². The topological polar surface area (TPSA) is 174 Å². The van der Waals surface area contributed by atoms with Crippen LogP contribution in [0.4, 0.5) is 13.2 Å². The van der Waals surface area contributed by atoms with E-state index in [9.17, 15) is 32.3 Å². The Morgan fingerprint density at radius 3 is 2.27 bits per heavy atom. The van der Waals surface area contributed by atoms with Crippen molar-refractivity contribution >= 4 is 29.7 Å². The minimum atomic E-state index is -5.08. The Kier molecular flexibility index (Phi) is 11.5. The number of cyclic esters (lactones) is 1. The molecule has 1 aromatic rings. The van der Waals surface area contributed by atoms with Gasteiger partial charge in [0.25, 0.3) is 5.91 Å². The van der Waals surface area contributed by atoms with Crippen molar-refractivity contribution in [2.75, 3.05) is 0 Å². The summed E-state index contributed by atoms with van der Waals surface area (Å²) in [5.74, 6) is -4.76. The summed E-state index contributed by atoms with van der Waals surface area (Å²) in [7, 11) is 0. The molecule has 0 radical (unpaired) electrons. The highest BCUT2D eigenvalue weighted by Crippen LogP contribution is 2.37. The number of nitrogens with two attached hydrogens (primary N) is 1. The number of benzene rings is 1. The van der Waals surface area contributed by atoms with E-state index in [-0.39, 0.29) is 36.4 Å². The average molecular weight is 574 g/mol. The summed E-state index contributed by atoms with van der Waals surface area (Å²) in [6.45, 7) is 5.53. The van der Waals surface area contributed by atoms with Crippen molar-refractivity contribution in [1.29, 1.82) is 0 Å². The van der Waals surface area contributed by atoms with Crippen LogP contribution in [0.3, 0.4) is 0 Å². The number of hydrogen-bond acceptors (Lipinski definition) is 8. The number of amides is 2. The fourth-order valence-electron chi connectivity index (χ4n) is 3.93. The molecule has 1 heterocycles. The Bertz CT molecular complexity index is 1070. The summed E-state index contributed by atoms with van der Waals surface area (Å²) < 4.78 is 42.2. The minimum Gasteiger partial charge on any atom is -0.475 e. The Morgan fingerprint density at radius 1 is 1.18 bits per heavy atom. The zero-order chi connectivity index (χ0) is 30.2. The van der Waals surface area contributed by atoms with Crippen LogP contribution in [0, 0.1) is 17.8 Å². The Labute approximate surface area is 228 Å². The van der Waals surface area contributed by atoms with Gasteiger partial charge in [-0.2, -0.15) is 13.2 Å². The molecule has 3 rings (SSSR count). The fourth-order valence-corrected chi connectivity index (χ4v) is 3.93. The molecular formula is C26H34F3N3O8. The third-order valence-electron chi connectivity index (χ3n) is 6.63. The fraction of sp³-hybridized carbons (Fsp3) is 0.577. The van der Waals surface area contributed by atoms with E-state index in [4.69, 9.17) is 25.1 Å². The van der Waals surface area contributed by atoms with Gasteiger partial charge in [-0.3, -0.25) is 14.4 Å². The largest absolute Gasteiger partial charge is 0.490 e. The molecule has 0 spiro atoms. The molecule has 14 heteroatoms. The van der Waals surface area contributed by atoms with Crippen molar-refractivity contribution < 1.29 is 51.7 Å². The van der Waals surface area contributed by atoms with Gasteiger partial charge in [0.15, 0.2) is 6.10 Å². The van der Waals surface area contributed by atoms with E-state index in [1.807, 2.05) is 44.2 Å². The molecule has 0 bridgehead atoms. The summed E-state index contributed by atoms with van der Waals surface area (Å²) >= 11 is 0. The maximum Gasteiger partial charge on any atom is 0.490 e. The molecule has 0 aromatic heterocycles. The lowest BCUT2D eigenvalue weighted by Gasteiger charge is -2.37. The van der Waals surface area contributed by atoms with Crippen LogP contribution in [0.2, 0.25) is 0 Å². The second-order valence-corrected chi connectivity index (χ2v) is 9.86. The van der Waals surface area contributed by atoms with Crippen molar-refractivity contribution in [2.45, 2.75) is 77.0 Å². The van der Waals surface area contributed by atoms with Gasteiger partial charge < -0.3 is 30.9 Å². The highest BCUT2D eigenvalue weighted by molar-refractivity contribution is 5.94. The maximum atomic E-state index is 12.7. The SMILES string of the molecule is CCC(C)C1C(=O)OC1C(=O)NC1CC1CC(NC(=O)C(C)N)C(=O)OCc1ccccc1.O=C(O)C(F)(F)F. The van der Waals surface area contributed by atoms with Gasteiger partial charge >= 0.3 is 24.1 Å². The van der Waals surface area contributed by atoms with Gasteiger partial charge in [0, 0.05) is 6.04 Å². The third kappa shape index (κ3) is 9.50. The Morgan fingerprint density at radius 2 is 1.77 bits per heavy atom. The number of aliphatic carboxylic acids is 1. The van der Waals surface area contributed by atoms with Gasteiger partial charge in [-0.15, -0.1) is 0 Å². The molecule has 2 fully saturated rings. The molecule has 40 heavy (non-hydrogen) atoms. The maximum absolute atomic E-state index is 12.7. The van der Waals surface area contributed by atoms with Crippen LogP contribution < -0.4 is 16.4 Å². The summed E-state index contributed by atoms with van der Waals surface area (Å²) in [4.78, 5) is 58.0. The highest BCUT2D eigenvalue weighted by atomic mass is 19.4. The average Bonchev–Trinajstić information content (AvgIpc) is 3.61. The number of nitrogens with one attached hydrogen (secondary N) is 2. The predicted octanol–water partition coefficient (Wildman–Crippen LogP) is 1.68. The first kappa shape index (κ1) is 32.5. The van der Waals surface area contributed by atoms with E-state index in [1.165, 1.54) is 6.92 Å². The smallest absolute Gasteiger partial charge is 0.475 e. The van der Waals surface area contributed by atoms with Crippen molar-refractivity contribution in [3.8, 4) is 0 Å². The van der Waals surface area contributed by atoms with Crippen LogP contribution in [-0.2, 0) is 40.1 Å². The third-order valence-corrected chi connectivity index (χ3v) is 6.63. The van der Waals surface area contributed by atoms with Gasteiger partial charge in [-0.1, -0.05) is 50.6 Å². The van der Waals surface area contributed by atoms with Crippen molar-refractivity contribution in [3.63, 3.8) is 0 Å². The molecule has 2 amide bonds.